The standard InChI is InChI=1S/C14H23FN2O/c1-4-18-14-8-6-11(9-12(14)15)13(17-3)7-5-10(2)16/h6,8-10,13,17H,4-5,7,16H2,1-3H3. The lowest BCUT2D eigenvalue weighted by atomic mass is 10.00. The summed E-state index contributed by atoms with van der Waals surface area (Å²) in [5.41, 5.74) is 6.67. The maximum atomic E-state index is 13.8. The molecule has 0 fully saturated rings. The number of halogens is 1. The molecule has 0 radical (unpaired) electrons. The highest BCUT2D eigenvalue weighted by Crippen LogP contribution is 2.24. The van der Waals surface area contributed by atoms with Gasteiger partial charge in [-0.2, -0.15) is 0 Å². The van der Waals surface area contributed by atoms with Gasteiger partial charge in [-0.05, 0) is 51.4 Å². The van der Waals surface area contributed by atoms with E-state index in [0.717, 1.165) is 18.4 Å². The van der Waals surface area contributed by atoms with Crippen molar-refractivity contribution in [2.24, 2.45) is 5.73 Å². The highest BCUT2D eigenvalue weighted by Gasteiger charge is 2.13. The van der Waals surface area contributed by atoms with E-state index in [1.807, 2.05) is 27.0 Å². The van der Waals surface area contributed by atoms with Gasteiger partial charge < -0.3 is 15.8 Å². The van der Waals surface area contributed by atoms with Crippen LogP contribution < -0.4 is 15.8 Å². The summed E-state index contributed by atoms with van der Waals surface area (Å²) in [6, 6.07) is 5.41. The van der Waals surface area contributed by atoms with Crippen molar-refractivity contribution in [2.75, 3.05) is 13.7 Å². The second kappa shape index (κ2) is 7.34. The molecule has 1 aromatic carbocycles. The molecule has 0 heterocycles. The summed E-state index contributed by atoms with van der Waals surface area (Å²) in [6.45, 7) is 4.29. The highest BCUT2D eigenvalue weighted by molar-refractivity contribution is 5.31. The van der Waals surface area contributed by atoms with E-state index < -0.39 is 0 Å². The highest BCUT2D eigenvalue weighted by atomic mass is 19.1. The van der Waals surface area contributed by atoms with E-state index in [1.54, 1.807) is 6.07 Å². The maximum Gasteiger partial charge on any atom is 0.165 e. The largest absolute Gasteiger partial charge is 0.491 e. The van der Waals surface area contributed by atoms with Crippen molar-refractivity contribution < 1.29 is 9.13 Å². The van der Waals surface area contributed by atoms with Gasteiger partial charge in [0.2, 0.25) is 0 Å². The van der Waals surface area contributed by atoms with Crippen molar-refractivity contribution in [3.05, 3.63) is 29.6 Å². The van der Waals surface area contributed by atoms with Crippen molar-refractivity contribution in [1.29, 1.82) is 0 Å². The second-order valence-electron chi connectivity index (χ2n) is 4.52. The van der Waals surface area contributed by atoms with E-state index in [4.69, 9.17) is 10.5 Å². The van der Waals surface area contributed by atoms with Crippen LogP contribution in [0.15, 0.2) is 18.2 Å². The Morgan fingerprint density at radius 3 is 2.61 bits per heavy atom. The Morgan fingerprint density at radius 2 is 2.11 bits per heavy atom. The summed E-state index contributed by atoms with van der Waals surface area (Å²) >= 11 is 0. The third kappa shape index (κ3) is 4.27. The first-order chi connectivity index (χ1) is 8.58. The maximum absolute atomic E-state index is 13.8. The Labute approximate surface area is 109 Å². The van der Waals surface area contributed by atoms with Crippen LogP contribution in [0, 0.1) is 5.82 Å². The van der Waals surface area contributed by atoms with Gasteiger partial charge in [-0.15, -0.1) is 0 Å². The molecule has 0 saturated carbocycles. The quantitative estimate of drug-likeness (QED) is 0.786. The lowest BCUT2D eigenvalue weighted by molar-refractivity contribution is 0.321. The Balaban J connectivity index is 2.77. The summed E-state index contributed by atoms with van der Waals surface area (Å²) in [5, 5.41) is 3.19. The first-order valence-corrected chi connectivity index (χ1v) is 6.43. The molecule has 0 bridgehead atoms. The number of hydrogen-bond acceptors (Lipinski definition) is 3. The molecule has 1 rings (SSSR count). The molecule has 0 aliphatic carbocycles. The van der Waals surface area contributed by atoms with Crippen LogP contribution in [0.1, 0.15) is 38.3 Å². The van der Waals surface area contributed by atoms with Crippen LogP contribution in [-0.2, 0) is 0 Å². The third-order valence-electron chi connectivity index (χ3n) is 2.92. The van der Waals surface area contributed by atoms with Crippen LogP contribution in [0.5, 0.6) is 5.75 Å². The summed E-state index contributed by atoms with van der Waals surface area (Å²) in [4.78, 5) is 0. The molecule has 3 N–H and O–H groups in total. The Morgan fingerprint density at radius 1 is 1.39 bits per heavy atom. The smallest absolute Gasteiger partial charge is 0.165 e. The Bertz CT molecular complexity index is 369. The molecule has 2 unspecified atom stereocenters. The van der Waals surface area contributed by atoms with Crippen LogP contribution in [0.4, 0.5) is 4.39 Å². The van der Waals surface area contributed by atoms with Crippen LogP contribution in [0.3, 0.4) is 0 Å². The predicted molar refractivity (Wildman–Crippen MR) is 72.3 cm³/mol. The minimum absolute atomic E-state index is 0.126. The fourth-order valence-electron chi connectivity index (χ4n) is 1.91. The van der Waals surface area contributed by atoms with E-state index in [9.17, 15) is 4.39 Å². The first kappa shape index (κ1) is 14.9. The van der Waals surface area contributed by atoms with Crippen LogP contribution in [-0.4, -0.2) is 19.7 Å². The molecular weight excluding hydrogens is 231 g/mol. The number of nitrogens with one attached hydrogen (secondary N) is 1. The van der Waals surface area contributed by atoms with Crippen molar-refractivity contribution in [1.82, 2.24) is 5.32 Å². The number of ether oxygens (including phenoxy) is 1. The average Bonchev–Trinajstić information content (AvgIpc) is 2.33. The van der Waals surface area contributed by atoms with Gasteiger partial charge in [0.1, 0.15) is 0 Å². The molecule has 0 amide bonds. The lowest BCUT2D eigenvalue weighted by Crippen LogP contribution is -2.21. The number of hydrogen-bond donors (Lipinski definition) is 2. The van der Waals surface area contributed by atoms with Crippen LogP contribution in [0.25, 0.3) is 0 Å². The van der Waals surface area contributed by atoms with E-state index in [0.29, 0.717) is 12.4 Å². The molecule has 1 aromatic rings. The topological polar surface area (TPSA) is 47.3 Å². The Hall–Kier alpha value is -1.13. The van der Waals surface area contributed by atoms with E-state index >= 15 is 0 Å². The van der Waals surface area contributed by atoms with Gasteiger partial charge in [0.05, 0.1) is 6.61 Å². The van der Waals surface area contributed by atoms with E-state index in [1.165, 1.54) is 6.07 Å². The van der Waals surface area contributed by atoms with Gasteiger partial charge in [-0.25, -0.2) is 4.39 Å². The zero-order valence-corrected chi connectivity index (χ0v) is 11.4. The van der Waals surface area contributed by atoms with Gasteiger partial charge in [-0.3, -0.25) is 0 Å². The fraction of sp³-hybridized carbons (Fsp3) is 0.571. The molecule has 0 aliphatic heterocycles. The van der Waals surface area contributed by atoms with Crippen molar-refractivity contribution in [3.8, 4) is 5.75 Å². The van der Waals surface area contributed by atoms with Gasteiger partial charge in [-0.1, -0.05) is 6.07 Å². The monoisotopic (exact) mass is 254 g/mol. The van der Waals surface area contributed by atoms with E-state index in [2.05, 4.69) is 5.32 Å². The molecule has 0 spiro atoms. The molecule has 0 aromatic heterocycles. The summed E-state index contributed by atoms with van der Waals surface area (Å²) in [6.07, 6.45) is 1.79. The minimum atomic E-state index is -0.310. The van der Waals surface area contributed by atoms with Gasteiger partial charge in [0.15, 0.2) is 11.6 Å². The number of benzene rings is 1. The predicted octanol–water partition coefficient (Wildman–Crippen LogP) is 2.61. The van der Waals surface area contributed by atoms with Gasteiger partial charge in [0, 0.05) is 12.1 Å². The normalized spacial score (nSPS) is 14.3. The zero-order chi connectivity index (χ0) is 13.5. The van der Waals surface area contributed by atoms with Crippen molar-refractivity contribution in [3.63, 3.8) is 0 Å². The van der Waals surface area contributed by atoms with Gasteiger partial charge >= 0.3 is 0 Å². The summed E-state index contributed by atoms with van der Waals surface area (Å²) in [5.74, 6) is -0.00121. The average molecular weight is 254 g/mol. The summed E-state index contributed by atoms with van der Waals surface area (Å²) < 4.78 is 18.9. The second-order valence-corrected chi connectivity index (χ2v) is 4.52. The molecule has 0 aliphatic rings. The van der Waals surface area contributed by atoms with Crippen molar-refractivity contribution >= 4 is 0 Å². The molecule has 2 atom stereocenters. The van der Waals surface area contributed by atoms with Gasteiger partial charge in [0.25, 0.3) is 0 Å². The minimum Gasteiger partial charge on any atom is -0.491 e. The van der Waals surface area contributed by atoms with Crippen LogP contribution in [0.2, 0.25) is 0 Å². The zero-order valence-electron chi connectivity index (χ0n) is 11.4. The molecule has 18 heavy (non-hydrogen) atoms. The molecule has 102 valence electrons. The third-order valence-corrected chi connectivity index (χ3v) is 2.92. The van der Waals surface area contributed by atoms with Crippen molar-refractivity contribution in [2.45, 2.75) is 38.8 Å². The SMILES string of the molecule is CCOc1ccc(C(CCC(C)N)NC)cc1F. The summed E-state index contributed by atoms with van der Waals surface area (Å²) in [7, 11) is 1.88. The lowest BCUT2D eigenvalue weighted by Gasteiger charge is -2.18. The number of nitrogens with two attached hydrogens (primary N) is 1. The van der Waals surface area contributed by atoms with Crippen LogP contribution >= 0.6 is 0 Å². The molecule has 3 nitrogen and oxygen atoms in total. The molecule has 4 heteroatoms. The number of rotatable bonds is 7. The Kier molecular flexibility index (Phi) is 6.09. The first-order valence-electron chi connectivity index (χ1n) is 6.43. The molecular formula is C14H23FN2O. The van der Waals surface area contributed by atoms with E-state index in [-0.39, 0.29) is 17.9 Å². The molecule has 0 saturated heterocycles. The fourth-order valence-corrected chi connectivity index (χ4v) is 1.91.